The number of benzene rings is 1. The average molecular weight is 324 g/mol. The van der Waals surface area contributed by atoms with Gasteiger partial charge in [0.05, 0.1) is 18.8 Å². The number of halogens is 1. The largest absolute Gasteiger partial charge is 0.394 e. The predicted octanol–water partition coefficient (Wildman–Crippen LogP) is 2.04. The van der Waals surface area contributed by atoms with Gasteiger partial charge in [-0.2, -0.15) is 5.10 Å². The van der Waals surface area contributed by atoms with Gasteiger partial charge in [-0.1, -0.05) is 28.1 Å². The minimum Gasteiger partial charge on any atom is -0.394 e. The van der Waals surface area contributed by atoms with Crippen molar-refractivity contribution < 1.29 is 5.11 Å². The van der Waals surface area contributed by atoms with Crippen molar-refractivity contribution in [3.05, 3.63) is 51.8 Å². The number of nitrogens with two attached hydrogens (primary N) is 1. The predicted molar refractivity (Wildman–Crippen MR) is 79.1 cm³/mol. The second-order valence-corrected chi connectivity index (χ2v) is 5.42. The number of hydrogen-bond acceptors (Lipinski definition) is 3. The molecule has 102 valence electrons. The fraction of sp³-hybridized carbons (Fsp3) is 0.357. The smallest absolute Gasteiger partial charge is 0.0644 e. The highest BCUT2D eigenvalue weighted by atomic mass is 79.9. The molecule has 5 heteroatoms. The molecule has 0 aliphatic rings. The number of aromatic nitrogens is 2. The van der Waals surface area contributed by atoms with Gasteiger partial charge in [0.1, 0.15) is 0 Å². The second kappa shape index (κ2) is 6.32. The van der Waals surface area contributed by atoms with E-state index < -0.39 is 0 Å². The normalized spacial score (nSPS) is 12.6. The third-order valence-electron chi connectivity index (χ3n) is 3.09. The summed E-state index contributed by atoms with van der Waals surface area (Å²) in [5.41, 5.74) is 9.08. The SMILES string of the molecule is Cc1cc(C(CN)c2cccc(Br)c2)n(CCO)n1. The highest BCUT2D eigenvalue weighted by Crippen LogP contribution is 2.26. The highest BCUT2D eigenvalue weighted by molar-refractivity contribution is 9.10. The molecule has 19 heavy (non-hydrogen) atoms. The Kier molecular flexibility index (Phi) is 4.74. The molecule has 0 amide bonds. The third kappa shape index (κ3) is 3.23. The lowest BCUT2D eigenvalue weighted by Gasteiger charge is -2.17. The number of nitrogens with zero attached hydrogens (tertiary/aromatic N) is 2. The number of aliphatic hydroxyl groups excluding tert-OH is 1. The van der Waals surface area contributed by atoms with Crippen molar-refractivity contribution in [2.24, 2.45) is 5.73 Å². The van der Waals surface area contributed by atoms with Crippen LogP contribution in [0.5, 0.6) is 0 Å². The summed E-state index contributed by atoms with van der Waals surface area (Å²) in [7, 11) is 0. The van der Waals surface area contributed by atoms with Gasteiger partial charge >= 0.3 is 0 Å². The van der Waals surface area contributed by atoms with Crippen LogP contribution >= 0.6 is 15.9 Å². The average Bonchev–Trinajstić information content (AvgIpc) is 2.72. The molecule has 0 spiro atoms. The summed E-state index contributed by atoms with van der Waals surface area (Å²) in [5, 5.41) is 13.5. The number of rotatable bonds is 5. The van der Waals surface area contributed by atoms with Crippen LogP contribution in [-0.2, 0) is 6.54 Å². The van der Waals surface area contributed by atoms with Crippen molar-refractivity contribution in [1.29, 1.82) is 0 Å². The summed E-state index contributed by atoms with van der Waals surface area (Å²) in [5.74, 6) is 0.0882. The van der Waals surface area contributed by atoms with Gasteiger partial charge in [-0.25, -0.2) is 0 Å². The lowest BCUT2D eigenvalue weighted by atomic mass is 9.95. The molecule has 0 bridgehead atoms. The topological polar surface area (TPSA) is 64.1 Å². The standard InChI is InChI=1S/C14H18BrN3O/c1-10-7-14(18(17-10)5-6-19)13(9-16)11-3-2-4-12(15)8-11/h2-4,7-8,13,19H,5-6,9,16H2,1H3. The van der Waals surface area contributed by atoms with Gasteiger partial charge in [0.2, 0.25) is 0 Å². The van der Waals surface area contributed by atoms with Gasteiger partial charge < -0.3 is 10.8 Å². The fourth-order valence-electron chi connectivity index (χ4n) is 2.27. The third-order valence-corrected chi connectivity index (χ3v) is 3.58. The van der Waals surface area contributed by atoms with Gasteiger partial charge in [0, 0.05) is 22.6 Å². The molecule has 1 aromatic carbocycles. The zero-order valence-electron chi connectivity index (χ0n) is 10.9. The van der Waals surface area contributed by atoms with E-state index in [1.54, 1.807) is 0 Å². The fourth-order valence-corrected chi connectivity index (χ4v) is 2.69. The van der Waals surface area contributed by atoms with Crippen molar-refractivity contribution in [2.45, 2.75) is 19.4 Å². The van der Waals surface area contributed by atoms with Gasteiger partial charge in [-0.15, -0.1) is 0 Å². The molecule has 4 nitrogen and oxygen atoms in total. The Labute approximate surface area is 121 Å². The minimum absolute atomic E-state index is 0.0733. The van der Waals surface area contributed by atoms with Crippen molar-refractivity contribution in [3.63, 3.8) is 0 Å². The van der Waals surface area contributed by atoms with Crippen LogP contribution in [0.25, 0.3) is 0 Å². The van der Waals surface area contributed by atoms with E-state index in [1.807, 2.05) is 29.8 Å². The van der Waals surface area contributed by atoms with E-state index >= 15 is 0 Å². The molecule has 1 aromatic heterocycles. The van der Waals surface area contributed by atoms with Crippen LogP contribution in [0.15, 0.2) is 34.8 Å². The maximum absolute atomic E-state index is 9.12. The van der Waals surface area contributed by atoms with E-state index in [2.05, 4.69) is 33.2 Å². The number of aryl methyl sites for hydroxylation is 1. The van der Waals surface area contributed by atoms with Crippen LogP contribution in [0.3, 0.4) is 0 Å². The Bertz CT molecular complexity index is 553. The first kappa shape index (κ1) is 14.2. The quantitative estimate of drug-likeness (QED) is 0.885. The summed E-state index contributed by atoms with van der Waals surface area (Å²) < 4.78 is 2.88. The minimum atomic E-state index is 0.0733. The van der Waals surface area contributed by atoms with Crippen molar-refractivity contribution in [3.8, 4) is 0 Å². The molecule has 0 aliphatic carbocycles. The molecule has 0 saturated carbocycles. The van der Waals surface area contributed by atoms with Crippen LogP contribution in [0.4, 0.5) is 0 Å². The van der Waals surface area contributed by atoms with Crippen molar-refractivity contribution >= 4 is 15.9 Å². The molecule has 0 saturated heterocycles. The molecule has 1 unspecified atom stereocenters. The summed E-state index contributed by atoms with van der Waals surface area (Å²) in [6, 6.07) is 10.2. The van der Waals surface area contributed by atoms with Crippen LogP contribution in [0, 0.1) is 6.92 Å². The molecule has 0 aliphatic heterocycles. The lowest BCUT2D eigenvalue weighted by Crippen LogP contribution is -2.19. The Hall–Kier alpha value is -1.17. The van der Waals surface area contributed by atoms with Gasteiger partial charge in [0.15, 0.2) is 0 Å². The molecular weight excluding hydrogens is 306 g/mol. The van der Waals surface area contributed by atoms with Gasteiger partial charge in [0.25, 0.3) is 0 Å². The zero-order valence-corrected chi connectivity index (χ0v) is 12.5. The van der Waals surface area contributed by atoms with E-state index in [1.165, 1.54) is 0 Å². The summed E-state index contributed by atoms with van der Waals surface area (Å²) >= 11 is 3.48. The molecule has 0 radical (unpaired) electrons. The van der Waals surface area contributed by atoms with E-state index in [0.717, 1.165) is 21.4 Å². The monoisotopic (exact) mass is 323 g/mol. The Morgan fingerprint density at radius 2 is 2.21 bits per heavy atom. The van der Waals surface area contributed by atoms with E-state index in [0.29, 0.717) is 13.1 Å². The molecule has 1 atom stereocenters. The maximum atomic E-state index is 9.12. The molecule has 2 aromatic rings. The molecule has 1 heterocycles. The Balaban J connectivity index is 2.41. The van der Waals surface area contributed by atoms with Crippen molar-refractivity contribution in [1.82, 2.24) is 9.78 Å². The number of hydrogen-bond donors (Lipinski definition) is 2. The lowest BCUT2D eigenvalue weighted by molar-refractivity contribution is 0.266. The van der Waals surface area contributed by atoms with Gasteiger partial charge in [-0.05, 0) is 30.7 Å². The second-order valence-electron chi connectivity index (χ2n) is 4.50. The molecule has 0 fully saturated rings. The molecule has 3 N–H and O–H groups in total. The first-order valence-corrected chi connectivity index (χ1v) is 7.05. The first-order valence-electron chi connectivity index (χ1n) is 6.26. The Morgan fingerprint density at radius 3 is 2.84 bits per heavy atom. The molecule has 2 rings (SSSR count). The van der Waals surface area contributed by atoms with Crippen LogP contribution < -0.4 is 5.73 Å². The van der Waals surface area contributed by atoms with Gasteiger partial charge in [-0.3, -0.25) is 4.68 Å². The zero-order chi connectivity index (χ0) is 13.8. The van der Waals surface area contributed by atoms with Crippen LogP contribution in [0.2, 0.25) is 0 Å². The molecular formula is C14H18BrN3O. The van der Waals surface area contributed by atoms with Crippen molar-refractivity contribution in [2.75, 3.05) is 13.2 Å². The maximum Gasteiger partial charge on any atom is 0.0644 e. The van der Waals surface area contributed by atoms with Crippen LogP contribution in [-0.4, -0.2) is 28.0 Å². The summed E-state index contributed by atoms with van der Waals surface area (Å²) in [6.07, 6.45) is 0. The number of aliphatic hydroxyl groups is 1. The summed E-state index contributed by atoms with van der Waals surface area (Å²) in [4.78, 5) is 0. The van der Waals surface area contributed by atoms with Crippen LogP contribution in [0.1, 0.15) is 22.9 Å². The van der Waals surface area contributed by atoms with E-state index in [4.69, 9.17) is 10.8 Å². The van der Waals surface area contributed by atoms with E-state index in [9.17, 15) is 0 Å². The Morgan fingerprint density at radius 1 is 1.42 bits per heavy atom. The first-order chi connectivity index (χ1) is 9.15. The highest BCUT2D eigenvalue weighted by Gasteiger charge is 2.18. The van der Waals surface area contributed by atoms with E-state index in [-0.39, 0.29) is 12.5 Å². The summed E-state index contributed by atoms with van der Waals surface area (Å²) in [6.45, 7) is 3.02.